The average Bonchev–Trinajstić information content (AvgIpc) is 1.81. The van der Waals surface area contributed by atoms with E-state index in [0.717, 1.165) is 10.0 Å². The van der Waals surface area contributed by atoms with Crippen LogP contribution in [0.3, 0.4) is 0 Å². The number of carbonyl (C=O) groups excluding carboxylic acids is 2. The molecule has 0 aromatic carbocycles. The van der Waals surface area contributed by atoms with Crippen LogP contribution in [0.25, 0.3) is 0 Å². The van der Waals surface area contributed by atoms with E-state index in [2.05, 4.69) is 19.2 Å². The summed E-state index contributed by atoms with van der Waals surface area (Å²) in [7, 11) is 0. The molecular weight excluding hydrogens is 269 g/mol. The van der Waals surface area contributed by atoms with Crippen molar-refractivity contribution in [3.8, 4) is 0 Å². The van der Waals surface area contributed by atoms with E-state index in [1.165, 1.54) is 0 Å². The summed E-state index contributed by atoms with van der Waals surface area (Å²) in [5.74, 6) is 0.274. The van der Waals surface area contributed by atoms with Gasteiger partial charge in [-0.25, -0.2) is 0 Å². The summed E-state index contributed by atoms with van der Waals surface area (Å²) in [6.07, 6.45) is 2.46. The Labute approximate surface area is 81.9 Å². The second-order valence-electron chi connectivity index (χ2n) is 3.05. The molecule has 12 heavy (non-hydrogen) atoms. The Morgan fingerprint density at radius 1 is 1.50 bits per heavy atom. The van der Waals surface area contributed by atoms with Gasteiger partial charge in [-0.05, 0) is 0 Å². The number of imide groups is 1. The quantitative estimate of drug-likeness (QED) is 0.371. The number of allylic oxidation sites excluding steroid dienone is 1. The van der Waals surface area contributed by atoms with Crippen molar-refractivity contribution in [1.29, 1.82) is 0 Å². The first-order valence-corrected chi connectivity index (χ1v) is 5.94. The Morgan fingerprint density at radius 3 is 2.67 bits per heavy atom. The fraction of sp³-hybridized carbons (Fsp3) is 0.500. The molecule has 1 aliphatic rings. The van der Waals surface area contributed by atoms with Crippen molar-refractivity contribution in [1.82, 2.24) is 5.32 Å². The van der Waals surface area contributed by atoms with E-state index in [4.69, 9.17) is 0 Å². The third-order valence-corrected chi connectivity index (χ3v) is 3.52. The molecule has 0 bridgehead atoms. The van der Waals surface area contributed by atoms with Crippen molar-refractivity contribution in [2.45, 2.75) is 20.3 Å². The molecule has 1 N–H and O–H groups in total. The molecule has 1 rings (SSSR count). The van der Waals surface area contributed by atoms with Gasteiger partial charge in [0.25, 0.3) is 0 Å². The van der Waals surface area contributed by atoms with E-state index in [1.807, 2.05) is 0 Å². The fourth-order valence-electron chi connectivity index (χ4n) is 0.924. The standard InChI is InChI=1S/C8H11INO2/c1-5(2)3-6-4-7(11)10-8(12)9-6/h4-5H,3H2,1-2H3,(H,10,11,12)/q-1. The summed E-state index contributed by atoms with van der Waals surface area (Å²) in [6.45, 7) is 4.17. The molecule has 68 valence electrons. The van der Waals surface area contributed by atoms with Gasteiger partial charge < -0.3 is 0 Å². The molecule has 0 aromatic heterocycles. The van der Waals surface area contributed by atoms with E-state index < -0.39 is 21.2 Å². The van der Waals surface area contributed by atoms with Crippen LogP contribution in [0.15, 0.2) is 9.66 Å². The van der Waals surface area contributed by atoms with Gasteiger partial charge in [-0.3, -0.25) is 0 Å². The second-order valence-corrected chi connectivity index (χ2v) is 5.95. The third kappa shape index (κ3) is 2.92. The van der Waals surface area contributed by atoms with Gasteiger partial charge in [-0.2, -0.15) is 0 Å². The number of rotatable bonds is 2. The van der Waals surface area contributed by atoms with Crippen molar-refractivity contribution < 1.29 is 30.8 Å². The zero-order chi connectivity index (χ0) is 9.14. The monoisotopic (exact) mass is 280 g/mol. The number of halogens is 1. The van der Waals surface area contributed by atoms with Gasteiger partial charge in [0.1, 0.15) is 0 Å². The van der Waals surface area contributed by atoms with Crippen LogP contribution in [0.2, 0.25) is 0 Å². The van der Waals surface area contributed by atoms with Gasteiger partial charge in [-0.15, -0.1) is 0 Å². The molecule has 0 spiro atoms. The predicted molar refractivity (Wildman–Crippen MR) is 41.1 cm³/mol. The topological polar surface area (TPSA) is 46.2 Å². The van der Waals surface area contributed by atoms with Gasteiger partial charge in [0, 0.05) is 0 Å². The SMILES string of the molecule is CC(C)CC1=CC(=O)NC(=O)[I-]1. The summed E-state index contributed by atoms with van der Waals surface area (Å²) < 4.78 is 0.981. The summed E-state index contributed by atoms with van der Waals surface area (Å²) in [6, 6.07) is 0. The molecule has 1 aliphatic heterocycles. The number of hydrogen-bond acceptors (Lipinski definition) is 2. The molecule has 4 heteroatoms. The maximum absolute atomic E-state index is 10.9. The molecule has 0 aromatic rings. The van der Waals surface area contributed by atoms with Crippen LogP contribution in [0.4, 0.5) is 4.79 Å². The molecule has 0 atom stereocenters. The normalized spacial score (nSPS) is 18.4. The number of amides is 2. The van der Waals surface area contributed by atoms with E-state index in [-0.39, 0.29) is 9.82 Å². The Hall–Kier alpha value is -0.390. The molecule has 0 radical (unpaired) electrons. The first kappa shape index (κ1) is 9.70. The summed E-state index contributed by atoms with van der Waals surface area (Å²) in [5.41, 5.74) is 0. The van der Waals surface area contributed by atoms with Gasteiger partial charge in [-0.1, -0.05) is 0 Å². The molecule has 0 fully saturated rings. The van der Waals surface area contributed by atoms with Gasteiger partial charge in [0.2, 0.25) is 0 Å². The van der Waals surface area contributed by atoms with Crippen LogP contribution in [-0.2, 0) is 4.79 Å². The average molecular weight is 280 g/mol. The number of nitrogens with one attached hydrogen (secondary N) is 1. The first-order chi connectivity index (χ1) is 5.58. The van der Waals surface area contributed by atoms with Gasteiger partial charge in [0.15, 0.2) is 0 Å². The maximum atomic E-state index is 10.9. The zero-order valence-corrected chi connectivity index (χ0v) is 9.21. The van der Waals surface area contributed by atoms with E-state index in [0.29, 0.717) is 5.92 Å². The Kier molecular flexibility index (Phi) is 3.25. The van der Waals surface area contributed by atoms with Crippen LogP contribution in [-0.4, -0.2) is 9.82 Å². The van der Waals surface area contributed by atoms with Crippen molar-refractivity contribution in [3.05, 3.63) is 9.66 Å². The van der Waals surface area contributed by atoms with Crippen molar-refractivity contribution in [3.63, 3.8) is 0 Å². The molecule has 2 amide bonds. The molecule has 0 unspecified atom stereocenters. The van der Waals surface area contributed by atoms with Crippen molar-refractivity contribution >= 4 is 9.82 Å². The zero-order valence-electron chi connectivity index (χ0n) is 7.06. The minimum atomic E-state index is -0.584. The van der Waals surface area contributed by atoms with E-state index >= 15 is 0 Å². The van der Waals surface area contributed by atoms with Crippen molar-refractivity contribution in [2.75, 3.05) is 0 Å². The summed E-state index contributed by atoms with van der Waals surface area (Å²) >= 11 is -0.584. The van der Waals surface area contributed by atoms with Crippen molar-refractivity contribution in [2.24, 2.45) is 5.92 Å². The van der Waals surface area contributed by atoms with E-state index in [9.17, 15) is 9.59 Å². The van der Waals surface area contributed by atoms with Crippen LogP contribution < -0.4 is 26.5 Å². The summed E-state index contributed by atoms with van der Waals surface area (Å²) in [5, 5.41) is 2.28. The van der Waals surface area contributed by atoms with E-state index in [1.54, 1.807) is 6.08 Å². The predicted octanol–water partition coefficient (Wildman–Crippen LogP) is -1.74. The summed E-state index contributed by atoms with van der Waals surface area (Å²) in [4.78, 5) is 21.8. The number of hydrogen-bond donors (Lipinski definition) is 1. The Bertz CT molecular complexity index is 245. The van der Waals surface area contributed by atoms with Crippen LogP contribution in [0.1, 0.15) is 20.3 Å². The first-order valence-electron chi connectivity index (χ1n) is 3.78. The number of carbonyl (C=O) groups is 2. The molecular formula is C8H11INO2-. The molecule has 0 aliphatic carbocycles. The molecule has 3 nitrogen and oxygen atoms in total. The second kappa shape index (κ2) is 4.02. The van der Waals surface area contributed by atoms with Crippen LogP contribution >= 0.6 is 0 Å². The van der Waals surface area contributed by atoms with Gasteiger partial charge >= 0.3 is 81.8 Å². The van der Waals surface area contributed by atoms with Gasteiger partial charge in [0.05, 0.1) is 0 Å². The van der Waals surface area contributed by atoms with Crippen LogP contribution in [0, 0.1) is 5.92 Å². The Balaban J connectivity index is 2.64. The molecule has 1 heterocycles. The minimum absolute atomic E-state index is 0.0723. The molecule has 0 saturated carbocycles. The molecule has 0 saturated heterocycles. The fourth-order valence-corrected chi connectivity index (χ4v) is 3.49. The van der Waals surface area contributed by atoms with Crippen LogP contribution in [0.5, 0.6) is 0 Å². The third-order valence-electron chi connectivity index (χ3n) is 1.32. The Morgan fingerprint density at radius 2 is 2.17 bits per heavy atom.